The van der Waals surface area contributed by atoms with Crippen molar-refractivity contribution in [3.63, 3.8) is 0 Å². The standard InChI is InChI=1S/C13H19N5S/c1-2-5-15-11-8-12(18-13(14)17-11)16-6-3-10-4-7-19-9-10/h4,7-9H,2-3,5-6H2,1H3,(H4,14,15,16,17,18). The zero-order valence-electron chi connectivity index (χ0n) is 11.0. The van der Waals surface area contributed by atoms with Crippen molar-refractivity contribution in [2.75, 3.05) is 29.5 Å². The van der Waals surface area contributed by atoms with Crippen LogP contribution in [0.15, 0.2) is 22.9 Å². The van der Waals surface area contributed by atoms with Gasteiger partial charge in [-0.3, -0.25) is 0 Å². The fourth-order valence-corrected chi connectivity index (χ4v) is 2.37. The third-order valence-corrected chi connectivity index (χ3v) is 3.33. The second-order valence-corrected chi connectivity index (χ2v) is 5.01. The smallest absolute Gasteiger partial charge is 0.223 e. The van der Waals surface area contributed by atoms with Gasteiger partial charge in [0.2, 0.25) is 5.95 Å². The summed E-state index contributed by atoms with van der Waals surface area (Å²) in [6, 6.07) is 4.02. The highest BCUT2D eigenvalue weighted by Gasteiger charge is 2.01. The number of nitrogens with one attached hydrogen (secondary N) is 2. The Bertz CT molecular complexity index is 498. The summed E-state index contributed by atoms with van der Waals surface area (Å²) in [5.74, 6) is 1.83. The molecule has 0 fully saturated rings. The van der Waals surface area contributed by atoms with Crippen LogP contribution >= 0.6 is 11.3 Å². The van der Waals surface area contributed by atoms with E-state index in [0.29, 0.717) is 5.95 Å². The first-order chi connectivity index (χ1) is 9.28. The summed E-state index contributed by atoms with van der Waals surface area (Å²) in [7, 11) is 0. The van der Waals surface area contributed by atoms with Crippen LogP contribution in [0.5, 0.6) is 0 Å². The lowest BCUT2D eigenvalue weighted by Gasteiger charge is -2.09. The molecule has 0 aliphatic carbocycles. The van der Waals surface area contributed by atoms with E-state index in [1.165, 1.54) is 5.56 Å². The molecule has 0 spiro atoms. The van der Waals surface area contributed by atoms with E-state index in [-0.39, 0.29) is 0 Å². The molecular formula is C13H19N5S. The molecule has 102 valence electrons. The highest BCUT2D eigenvalue weighted by Crippen LogP contribution is 2.13. The minimum Gasteiger partial charge on any atom is -0.370 e. The minimum absolute atomic E-state index is 0.291. The van der Waals surface area contributed by atoms with Gasteiger partial charge in [0.05, 0.1) is 0 Å². The summed E-state index contributed by atoms with van der Waals surface area (Å²) >= 11 is 1.72. The fraction of sp³-hybridized carbons (Fsp3) is 0.385. The summed E-state index contributed by atoms with van der Waals surface area (Å²) in [6.45, 7) is 3.82. The van der Waals surface area contributed by atoms with Crippen molar-refractivity contribution in [3.8, 4) is 0 Å². The van der Waals surface area contributed by atoms with E-state index in [1.807, 2.05) is 6.07 Å². The van der Waals surface area contributed by atoms with Gasteiger partial charge in [0, 0.05) is 19.2 Å². The molecule has 2 heterocycles. The fourth-order valence-electron chi connectivity index (χ4n) is 1.67. The van der Waals surface area contributed by atoms with Crippen LogP contribution in [0.1, 0.15) is 18.9 Å². The first-order valence-corrected chi connectivity index (χ1v) is 7.35. The molecule has 2 aromatic rings. The first kappa shape index (κ1) is 13.6. The van der Waals surface area contributed by atoms with Gasteiger partial charge in [0.25, 0.3) is 0 Å². The zero-order chi connectivity index (χ0) is 13.5. The van der Waals surface area contributed by atoms with E-state index < -0.39 is 0 Å². The lowest BCUT2D eigenvalue weighted by atomic mass is 10.2. The molecule has 6 heteroatoms. The number of hydrogen-bond acceptors (Lipinski definition) is 6. The Kier molecular flexibility index (Phi) is 4.97. The Morgan fingerprint density at radius 2 is 1.95 bits per heavy atom. The van der Waals surface area contributed by atoms with Crippen LogP contribution in [0.25, 0.3) is 0 Å². The molecule has 0 unspecified atom stereocenters. The van der Waals surface area contributed by atoms with Crippen molar-refractivity contribution in [3.05, 3.63) is 28.5 Å². The quantitative estimate of drug-likeness (QED) is 0.725. The Morgan fingerprint density at radius 3 is 2.58 bits per heavy atom. The van der Waals surface area contributed by atoms with Crippen molar-refractivity contribution in [1.29, 1.82) is 0 Å². The lowest BCUT2D eigenvalue weighted by molar-refractivity contribution is 0.963. The molecule has 0 aliphatic rings. The van der Waals surface area contributed by atoms with E-state index in [4.69, 9.17) is 5.73 Å². The minimum atomic E-state index is 0.291. The molecule has 0 bridgehead atoms. The van der Waals surface area contributed by atoms with Gasteiger partial charge < -0.3 is 16.4 Å². The lowest BCUT2D eigenvalue weighted by Crippen LogP contribution is -2.10. The summed E-state index contributed by atoms with van der Waals surface area (Å²) in [4.78, 5) is 8.33. The van der Waals surface area contributed by atoms with E-state index in [2.05, 4.69) is 44.4 Å². The monoisotopic (exact) mass is 277 g/mol. The number of aromatic nitrogens is 2. The highest BCUT2D eigenvalue weighted by atomic mass is 32.1. The van der Waals surface area contributed by atoms with E-state index >= 15 is 0 Å². The van der Waals surface area contributed by atoms with Crippen molar-refractivity contribution in [1.82, 2.24) is 9.97 Å². The molecule has 0 aliphatic heterocycles. The molecule has 0 amide bonds. The molecule has 2 rings (SSSR count). The van der Waals surface area contributed by atoms with Crippen molar-refractivity contribution in [2.24, 2.45) is 0 Å². The Labute approximate surface area is 117 Å². The summed E-state index contributed by atoms with van der Waals surface area (Å²) in [6.07, 6.45) is 2.02. The van der Waals surface area contributed by atoms with Gasteiger partial charge in [-0.1, -0.05) is 6.92 Å². The van der Waals surface area contributed by atoms with Crippen LogP contribution in [0.3, 0.4) is 0 Å². The second-order valence-electron chi connectivity index (χ2n) is 4.23. The number of anilines is 3. The van der Waals surface area contributed by atoms with Crippen molar-refractivity contribution in [2.45, 2.75) is 19.8 Å². The summed E-state index contributed by atoms with van der Waals surface area (Å²) in [5.41, 5.74) is 7.03. The van der Waals surface area contributed by atoms with Crippen LogP contribution < -0.4 is 16.4 Å². The summed E-state index contributed by atoms with van der Waals surface area (Å²) < 4.78 is 0. The number of nitrogens with two attached hydrogens (primary N) is 1. The average molecular weight is 277 g/mol. The van der Waals surface area contributed by atoms with Gasteiger partial charge in [0.1, 0.15) is 11.6 Å². The summed E-state index contributed by atoms with van der Waals surface area (Å²) in [5, 5.41) is 10.7. The van der Waals surface area contributed by atoms with E-state index in [1.54, 1.807) is 11.3 Å². The number of hydrogen-bond donors (Lipinski definition) is 3. The van der Waals surface area contributed by atoms with Gasteiger partial charge >= 0.3 is 0 Å². The predicted octanol–water partition coefficient (Wildman–Crippen LogP) is 2.60. The number of thiophene rings is 1. The number of rotatable bonds is 7. The van der Waals surface area contributed by atoms with Gasteiger partial charge in [-0.05, 0) is 35.2 Å². The molecule has 19 heavy (non-hydrogen) atoms. The molecule has 4 N–H and O–H groups in total. The Morgan fingerprint density at radius 1 is 1.21 bits per heavy atom. The van der Waals surface area contributed by atoms with Crippen LogP contribution in [0, 0.1) is 0 Å². The second kappa shape index (κ2) is 6.94. The predicted molar refractivity (Wildman–Crippen MR) is 81.7 cm³/mol. The molecule has 0 aromatic carbocycles. The van der Waals surface area contributed by atoms with E-state index in [0.717, 1.165) is 37.6 Å². The largest absolute Gasteiger partial charge is 0.370 e. The maximum absolute atomic E-state index is 5.70. The third-order valence-electron chi connectivity index (χ3n) is 2.60. The maximum Gasteiger partial charge on any atom is 0.223 e. The third kappa shape index (κ3) is 4.40. The molecule has 0 saturated heterocycles. The molecule has 0 saturated carbocycles. The molecule has 5 nitrogen and oxygen atoms in total. The highest BCUT2D eigenvalue weighted by molar-refractivity contribution is 7.07. The molecule has 0 atom stereocenters. The van der Waals surface area contributed by atoms with Gasteiger partial charge in [0.15, 0.2) is 0 Å². The van der Waals surface area contributed by atoms with Crippen LogP contribution in [0.2, 0.25) is 0 Å². The van der Waals surface area contributed by atoms with Crippen molar-refractivity contribution >= 4 is 28.9 Å². The van der Waals surface area contributed by atoms with Gasteiger partial charge in [-0.15, -0.1) is 0 Å². The molecule has 0 radical (unpaired) electrons. The molecule has 2 aromatic heterocycles. The maximum atomic E-state index is 5.70. The SMILES string of the molecule is CCCNc1cc(NCCc2ccsc2)nc(N)n1. The Balaban J connectivity index is 1.90. The van der Waals surface area contributed by atoms with Crippen LogP contribution in [-0.4, -0.2) is 23.1 Å². The van der Waals surface area contributed by atoms with Gasteiger partial charge in [-0.2, -0.15) is 21.3 Å². The van der Waals surface area contributed by atoms with Crippen LogP contribution in [-0.2, 0) is 6.42 Å². The number of nitrogens with zero attached hydrogens (tertiary/aromatic N) is 2. The Hall–Kier alpha value is -1.82. The zero-order valence-corrected chi connectivity index (χ0v) is 11.8. The molecular weight excluding hydrogens is 258 g/mol. The first-order valence-electron chi connectivity index (χ1n) is 6.41. The van der Waals surface area contributed by atoms with Crippen molar-refractivity contribution < 1.29 is 0 Å². The topological polar surface area (TPSA) is 75.9 Å². The van der Waals surface area contributed by atoms with E-state index in [9.17, 15) is 0 Å². The number of nitrogen functional groups attached to an aromatic ring is 1. The normalized spacial score (nSPS) is 10.4. The average Bonchev–Trinajstić information content (AvgIpc) is 2.89. The van der Waals surface area contributed by atoms with Crippen LogP contribution in [0.4, 0.5) is 17.6 Å². The van der Waals surface area contributed by atoms with Gasteiger partial charge in [-0.25, -0.2) is 0 Å².